The molecule has 4 rings (SSSR count). The van der Waals surface area contributed by atoms with Gasteiger partial charge in [0.2, 0.25) is 11.7 Å². The molecule has 0 bridgehead atoms. The van der Waals surface area contributed by atoms with E-state index in [1.54, 1.807) is 37.3 Å². The molecule has 30 heavy (non-hydrogen) atoms. The second-order valence-corrected chi connectivity index (χ2v) is 7.08. The van der Waals surface area contributed by atoms with E-state index in [1.807, 2.05) is 30.3 Å². The molecule has 1 N–H and O–H groups in total. The Labute approximate surface area is 174 Å². The minimum atomic E-state index is -0.160. The van der Waals surface area contributed by atoms with E-state index < -0.39 is 0 Å². The number of carbonyl (C=O) groups is 1. The van der Waals surface area contributed by atoms with Crippen molar-refractivity contribution in [1.29, 1.82) is 0 Å². The van der Waals surface area contributed by atoms with Crippen LogP contribution in [-0.4, -0.2) is 48.4 Å². The summed E-state index contributed by atoms with van der Waals surface area (Å²) in [6.07, 6.45) is 1.53. The summed E-state index contributed by atoms with van der Waals surface area (Å²) in [6.45, 7) is 1.22. The van der Waals surface area contributed by atoms with Crippen molar-refractivity contribution in [3.63, 3.8) is 0 Å². The molecule has 156 valence electrons. The Morgan fingerprint density at radius 3 is 2.57 bits per heavy atom. The van der Waals surface area contributed by atoms with Gasteiger partial charge in [0.05, 0.1) is 19.9 Å². The van der Waals surface area contributed by atoms with Gasteiger partial charge in [-0.2, -0.15) is 4.98 Å². The molecule has 0 aliphatic carbocycles. The Kier molecular flexibility index (Phi) is 5.83. The van der Waals surface area contributed by atoms with Gasteiger partial charge in [-0.15, -0.1) is 0 Å². The van der Waals surface area contributed by atoms with Gasteiger partial charge < -0.3 is 24.2 Å². The van der Waals surface area contributed by atoms with Gasteiger partial charge in [-0.05, 0) is 25.0 Å². The number of nitrogens with zero attached hydrogens (tertiary/aromatic N) is 3. The number of hydrogen-bond donors (Lipinski definition) is 1. The van der Waals surface area contributed by atoms with Gasteiger partial charge in [0.15, 0.2) is 0 Å². The van der Waals surface area contributed by atoms with Crippen molar-refractivity contribution in [3.05, 3.63) is 54.4 Å². The van der Waals surface area contributed by atoms with Gasteiger partial charge in [-0.1, -0.05) is 35.5 Å². The summed E-state index contributed by atoms with van der Waals surface area (Å²) >= 11 is 0. The van der Waals surface area contributed by atoms with Gasteiger partial charge in [-0.3, -0.25) is 0 Å². The molecule has 0 spiro atoms. The zero-order valence-corrected chi connectivity index (χ0v) is 17.0. The molecule has 0 atom stereocenters. The first kappa shape index (κ1) is 19.8. The maximum absolute atomic E-state index is 12.7. The van der Waals surface area contributed by atoms with E-state index in [0.717, 1.165) is 18.4 Å². The first-order valence-electron chi connectivity index (χ1n) is 9.85. The van der Waals surface area contributed by atoms with Crippen LogP contribution in [0.25, 0.3) is 11.4 Å². The predicted molar refractivity (Wildman–Crippen MR) is 112 cm³/mol. The monoisotopic (exact) mass is 408 g/mol. The molecule has 0 saturated carbocycles. The fraction of sp³-hybridized carbons (Fsp3) is 0.318. The van der Waals surface area contributed by atoms with E-state index in [4.69, 9.17) is 14.0 Å². The lowest BCUT2D eigenvalue weighted by molar-refractivity contribution is 0.187. The topological polar surface area (TPSA) is 89.7 Å². The van der Waals surface area contributed by atoms with Crippen LogP contribution in [0.15, 0.2) is 53.1 Å². The Morgan fingerprint density at radius 2 is 1.87 bits per heavy atom. The SMILES string of the molecule is COc1ccc(NC(=O)N2CCC(c3nc(-c4ccccc4)no3)CC2)c(OC)c1. The maximum Gasteiger partial charge on any atom is 0.321 e. The fourth-order valence-corrected chi connectivity index (χ4v) is 3.53. The van der Waals surface area contributed by atoms with Crippen LogP contribution in [0, 0.1) is 0 Å². The Hall–Kier alpha value is -3.55. The number of methoxy groups -OCH3 is 2. The molecule has 0 radical (unpaired) electrons. The molecule has 1 aliphatic rings. The number of amides is 2. The largest absolute Gasteiger partial charge is 0.497 e. The van der Waals surface area contributed by atoms with E-state index in [9.17, 15) is 4.79 Å². The zero-order valence-electron chi connectivity index (χ0n) is 17.0. The number of ether oxygens (including phenoxy) is 2. The molecule has 1 fully saturated rings. The third kappa shape index (κ3) is 4.22. The van der Waals surface area contributed by atoms with Crippen LogP contribution < -0.4 is 14.8 Å². The van der Waals surface area contributed by atoms with Crippen molar-refractivity contribution in [2.24, 2.45) is 0 Å². The summed E-state index contributed by atoms with van der Waals surface area (Å²) in [7, 11) is 3.15. The third-order valence-corrected chi connectivity index (χ3v) is 5.26. The highest BCUT2D eigenvalue weighted by atomic mass is 16.5. The number of piperidine rings is 1. The minimum absolute atomic E-state index is 0.148. The summed E-state index contributed by atoms with van der Waals surface area (Å²) in [5, 5.41) is 7.02. The number of hydrogen-bond acceptors (Lipinski definition) is 6. The molecular weight excluding hydrogens is 384 g/mol. The van der Waals surface area contributed by atoms with E-state index in [0.29, 0.717) is 42.0 Å². The molecule has 2 heterocycles. The molecule has 2 amide bonds. The molecule has 8 nitrogen and oxygen atoms in total. The average molecular weight is 408 g/mol. The molecule has 8 heteroatoms. The highest BCUT2D eigenvalue weighted by Gasteiger charge is 2.28. The number of rotatable bonds is 5. The number of urea groups is 1. The summed E-state index contributed by atoms with van der Waals surface area (Å²) in [5.41, 5.74) is 1.53. The van der Waals surface area contributed by atoms with Crippen molar-refractivity contribution < 1.29 is 18.8 Å². The maximum atomic E-state index is 12.7. The zero-order chi connectivity index (χ0) is 20.9. The molecule has 3 aromatic rings. The first-order valence-corrected chi connectivity index (χ1v) is 9.85. The van der Waals surface area contributed by atoms with E-state index >= 15 is 0 Å². The number of likely N-dealkylation sites (tertiary alicyclic amines) is 1. The smallest absolute Gasteiger partial charge is 0.321 e. The summed E-state index contributed by atoms with van der Waals surface area (Å²) in [6, 6.07) is 14.9. The van der Waals surface area contributed by atoms with Crippen LogP contribution in [-0.2, 0) is 0 Å². The Bertz CT molecular complexity index is 997. The van der Waals surface area contributed by atoms with Crippen molar-refractivity contribution >= 4 is 11.7 Å². The highest BCUT2D eigenvalue weighted by Crippen LogP contribution is 2.31. The lowest BCUT2D eigenvalue weighted by Crippen LogP contribution is -2.40. The van der Waals surface area contributed by atoms with Gasteiger partial charge in [0, 0.05) is 30.6 Å². The fourth-order valence-electron chi connectivity index (χ4n) is 3.53. The quantitative estimate of drug-likeness (QED) is 0.682. The molecular formula is C22H24N4O4. The molecule has 1 aliphatic heterocycles. The first-order chi connectivity index (χ1) is 14.7. The lowest BCUT2D eigenvalue weighted by atomic mass is 9.97. The number of nitrogens with one attached hydrogen (secondary N) is 1. The Balaban J connectivity index is 1.36. The van der Waals surface area contributed by atoms with Gasteiger partial charge in [0.25, 0.3) is 0 Å². The van der Waals surface area contributed by atoms with Crippen LogP contribution in [0.3, 0.4) is 0 Å². The van der Waals surface area contributed by atoms with E-state index in [1.165, 1.54) is 0 Å². The van der Waals surface area contributed by atoms with Crippen LogP contribution in [0.2, 0.25) is 0 Å². The number of carbonyl (C=O) groups excluding carboxylic acids is 1. The normalized spacial score (nSPS) is 14.4. The summed E-state index contributed by atoms with van der Waals surface area (Å²) in [5.74, 6) is 2.59. The van der Waals surface area contributed by atoms with Crippen LogP contribution in [0.1, 0.15) is 24.7 Å². The summed E-state index contributed by atoms with van der Waals surface area (Å²) < 4.78 is 16.0. The minimum Gasteiger partial charge on any atom is -0.497 e. The highest BCUT2D eigenvalue weighted by molar-refractivity contribution is 5.91. The third-order valence-electron chi connectivity index (χ3n) is 5.26. The predicted octanol–water partition coefficient (Wildman–Crippen LogP) is 4.17. The second-order valence-electron chi connectivity index (χ2n) is 7.08. The van der Waals surface area contributed by atoms with E-state index in [-0.39, 0.29) is 11.9 Å². The molecule has 1 aromatic heterocycles. The van der Waals surface area contributed by atoms with Crippen molar-refractivity contribution in [2.45, 2.75) is 18.8 Å². The number of anilines is 1. The van der Waals surface area contributed by atoms with Gasteiger partial charge >= 0.3 is 6.03 Å². The van der Waals surface area contributed by atoms with Gasteiger partial charge in [-0.25, -0.2) is 4.79 Å². The molecule has 0 unspecified atom stereocenters. The van der Waals surface area contributed by atoms with Crippen LogP contribution in [0.4, 0.5) is 10.5 Å². The van der Waals surface area contributed by atoms with Crippen LogP contribution >= 0.6 is 0 Å². The van der Waals surface area contributed by atoms with Crippen molar-refractivity contribution in [1.82, 2.24) is 15.0 Å². The summed E-state index contributed by atoms with van der Waals surface area (Å²) in [4.78, 5) is 19.0. The Morgan fingerprint density at radius 1 is 1.10 bits per heavy atom. The average Bonchev–Trinajstić information content (AvgIpc) is 3.30. The number of benzene rings is 2. The van der Waals surface area contributed by atoms with Crippen LogP contribution in [0.5, 0.6) is 11.5 Å². The van der Waals surface area contributed by atoms with Crippen molar-refractivity contribution in [2.75, 3.05) is 32.6 Å². The lowest BCUT2D eigenvalue weighted by Gasteiger charge is -2.30. The second kappa shape index (κ2) is 8.86. The van der Waals surface area contributed by atoms with Crippen molar-refractivity contribution in [3.8, 4) is 22.9 Å². The van der Waals surface area contributed by atoms with E-state index in [2.05, 4.69) is 15.5 Å². The number of aromatic nitrogens is 2. The standard InChI is InChI=1S/C22H24N4O4/c1-28-17-8-9-18(19(14-17)29-2)23-22(27)26-12-10-16(11-13-26)21-24-20(25-30-21)15-6-4-3-5-7-15/h3-9,14,16H,10-13H2,1-2H3,(H,23,27). The molecule has 1 saturated heterocycles. The van der Waals surface area contributed by atoms with Gasteiger partial charge in [0.1, 0.15) is 11.5 Å². The molecule has 2 aromatic carbocycles.